The van der Waals surface area contributed by atoms with Crippen LogP contribution in [-0.4, -0.2) is 21.9 Å². The van der Waals surface area contributed by atoms with Gasteiger partial charge in [0.25, 0.3) is 5.91 Å². The number of aromatic nitrogens is 2. The van der Waals surface area contributed by atoms with E-state index in [1.165, 1.54) is 23.5 Å². The molecule has 1 aromatic carbocycles. The number of amides is 1. The Kier molecular flexibility index (Phi) is 3.17. The zero-order valence-corrected chi connectivity index (χ0v) is 10.9. The lowest BCUT2D eigenvalue weighted by Gasteiger charge is -2.11. The lowest BCUT2D eigenvalue weighted by Crippen LogP contribution is -2.35. The van der Waals surface area contributed by atoms with E-state index in [4.69, 9.17) is 11.6 Å². The number of hydrogen-bond donors (Lipinski definition) is 1. The quantitative estimate of drug-likeness (QED) is 0.911. The van der Waals surface area contributed by atoms with Crippen LogP contribution < -0.4 is 5.32 Å². The first-order valence-corrected chi connectivity index (χ1v) is 6.45. The molecule has 0 saturated heterocycles. The average Bonchev–Trinajstić information content (AvgIpc) is 2.80. The summed E-state index contributed by atoms with van der Waals surface area (Å²) in [6, 6.07) is 8.35. The Morgan fingerprint density at radius 2 is 1.89 bits per heavy atom. The topological polar surface area (TPSA) is 54.9 Å². The Hall–Kier alpha value is -1.94. The van der Waals surface area contributed by atoms with E-state index in [0.717, 1.165) is 12.8 Å². The predicted octanol–water partition coefficient (Wildman–Crippen LogP) is 2.03. The molecule has 1 amide bonds. The van der Waals surface area contributed by atoms with Gasteiger partial charge in [-0.05, 0) is 24.0 Å². The largest absolute Gasteiger partial charge is 0.347 e. The van der Waals surface area contributed by atoms with E-state index in [1.54, 1.807) is 0 Å². The van der Waals surface area contributed by atoms with Gasteiger partial charge in [0.1, 0.15) is 10.8 Å². The Labute approximate surface area is 115 Å². The average molecular weight is 274 g/mol. The molecule has 1 aromatic heterocycles. The Morgan fingerprint density at radius 1 is 1.21 bits per heavy atom. The summed E-state index contributed by atoms with van der Waals surface area (Å²) in [4.78, 5) is 19.9. The molecule has 0 radical (unpaired) electrons. The standard InChI is InChI=1S/C14H12ClN3O/c15-13-8-16-7-12(18-13)14(19)17-11-5-9-3-1-2-4-10(9)6-11/h1-4,7-8,11H,5-6H2,(H,17,19). The van der Waals surface area contributed by atoms with Gasteiger partial charge in [0, 0.05) is 6.04 Å². The van der Waals surface area contributed by atoms with Crippen LogP contribution >= 0.6 is 11.6 Å². The van der Waals surface area contributed by atoms with Crippen molar-refractivity contribution in [3.05, 3.63) is 58.6 Å². The van der Waals surface area contributed by atoms with Gasteiger partial charge >= 0.3 is 0 Å². The van der Waals surface area contributed by atoms with Gasteiger partial charge in [0.15, 0.2) is 0 Å². The summed E-state index contributed by atoms with van der Waals surface area (Å²) < 4.78 is 0. The van der Waals surface area contributed by atoms with Crippen molar-refractivity contribution in [3.8, 4) is 0 Å². The highest BCUT2D eigenvalue weighted by Crippen LogP contribution is 2.21. The number of carbonyl (C=O) groups is 1. The number of rotatable bonds is 2. The van der Waals surface area contributed by atoms with Crippen molar-refractivity contribution in [2.75, 3.05) is 0 Å². The summed E-state index contributed by atoms with van der Waals surface area (Å²) in [6.45, 7) is 0. The monoisotopic (exact) mass is 273 g/mol. The van der Waals surface area contributed by atoms with Crippen molar-refractivity contribution < 1.29 is 4.79 Å². The molecule has 1 aliphatic carbocycles. The molecule has 4 nitrogen and oxygen atoms in total. The molecule has 0 fully saturated rings. The predicted molar refractivity (Wildman–Crippen MR) is 72.1 cm³/mol. The smallest absolute Gasteiger partial charge is 0.271 e. The highest BCUT2D eigenvalue weighted by atomic mass is 35.5. The van der Waals surface area contributed by atoms with Gasteiger partial charge in [0.05, 0.1) is 12.4 Å². The number of fused-ring (bicyclic) bond motifs is 1. The number of nitrogens with zero attached hydrogens (tertiary/aromatic N) is 2. The number of benzene rings is 1. The van der Waals surface area contributed by atoms with Gasteiger partial charge in [-0.1, -0.05) is 35.9 Å². The van der Waals surface area contributed by atoms with E-state index >= 15 is 0 Å². The zero-order valence-electron chi connectivity index (χ0n) is 10.1. The van der Waals surface area contributed by atoms with Crippen molar-refractivity contribution in [1.82, 2.24) is 15.3 Å². The van der Waals surface area contributed by atoms with Gasteiger partial charge in [-0.15, -0.1) is 0 Å². The van der Waals surface area contributed by atoms with Crippen molar-refractivity contribution in [2.24, 2.45) is 0 Å². The zero-order chi connectivity index (χ0) is 13.2. The molecule has 3 rings (SSSR count). The lowest BCUT2D eigenvalue weighted by atomic mass is 10.1. The first-order chi connectivity index (χ1) is 9.22. The van der Waals surface area contributed by atoms with Gasteiger partial charge < -0.3 is 5.32 Å². The highest BCUT2D eigenvalue weighted by Gasteiger charge is 2.23. The summed E-state index contributed by atoms with van der Waals surface area (Å²) >= 11 is 5.72. The summed E-state index contributed by atoms with van der Waals surface area (Å²) in [7, 11) is 0. The fourth-order valence-electron chi connectivity index (χ4n) is 2.37. The van der Waals surface area contributed by atoms with Crippen LogP contribution in [-0.2, 0) is 12.8 Å². The molecule has 19 heavy (non-hydrogen) atoms. The number of hydrogen-bond acceptors (Lipinski definition) is 3. The third-order valence-electron chi connectivity index (χ3n) is 3.22. The molecule has 0 unspecified atom stereocenters. The second-order valence-electron chi connectivity index (χ2n) is 4.57. The number of nitrogens with one attached hydrogen (secondary N) is 1. The fraction of sp³-hybridized carbons (Fsp3) is 0.214. The minimum absolute atomic E-state index is 0.116. The van der Waals surface area contributed by atoms with Gasteiger partial charge in [-0.25, -0.2) is 4.98 Å². The van der Waals surface area contributed by atoms with Crippen LogP contribution in [0.4, 0.5) is 0 Å². The van der Waals surface area contributed by atoms with Crippen LogP contribution in [0.25, 0.3) is 0 Å². The minimum atomic E-state index is -0.229. The Balaban J connectivity index is 1.69. The van der Waals surface area contributed by atoms with E-state index in [0.29, 0.717) is 0 Å². The van der Waals surface area contributed by atoms with Crippen LogP contribution in [0.1, 0.15) is 21.6 Å². The van der Waals surface area contributed by atoms with E-state index < -0.39 is 0 Å². The van der Waals surface area contributed by atoms with Crippen molar-refractivity contribution >= 4 is 17.5 Å². The van der Waals surface area contributed by atoms with Crippen LogP contribution in [0.5, 0.6) is 0 Å². The fourth-order valence-corrected chi connectivity index (χ4v) is 2.52. The number of halogens is 1. The van der Waals surface area contributed by atoms with E-state index in [9.17, 15) is 4.79 Å². The van der Waals surface area contributed by atoms with Crippen LogP contribution in [0.15, 0.2) is 36.7 Å². The van der Waals surface area contributed by atoms with Crippen molar-refractivity contribution in [1.29, 1.82) is 0 Å². The molecule has 0 aliphatic heterocycles. The molecule has 1 heterocycles. The summed E-state index contributed by atoms with van der Waals surface area (Å²) in [5.74, 6) is -0.229. The third-order valence-corrected chi connectivity index (χ3v) is 3.41. The Morgan fingerprint density at radius 3 is 2.53 bits per heavy atom. The van der Waals surface area contributed by atoms with E-state index in [2.05, 4.69) is 27.4 Å². The summed E-state index contributed by atoms with van der Waals surface area (Å²) in [6.07, 6.45) is 4.54. The first kappa shape index (κ1) is 12.1. The van der Waals surface area contributed by atoms with Gasteiger partial charge in [-0.2, -0.15) is 0 Å². The maximum absolute atomic E-state index is 12.0. The number of carbonyl (C=O) groups excluding carboxylic acids is 1. The Bertz CT molecular complexity index is 605. The molecular weight excluding hydrogens is 262 g/mol. The SMILES string of the molecule is O=C(NC1Cc2ccccc2C1)c1cncc(Cl)n1. The molecule has 1 aliphatic rings. The van der Waals surface area contributed by atoms with Crippen LogP contribution in [0, 0.1) is 0 Å². The molecular formula is C14H12ClN3O. The molecule has 0 saturated carbocycles. The maximum Gasteiger partial charge on any atom is 0.271 e. The van der Waals surface area contributed by atoms with Crippen LogP contribution in [0.3, 0.4) is 0 Å². The van der Waals surface area contributed by atoms with Gasteiger partial charge in [0.2, 0.25) is 0 Å². The molecule has 1 N–H and O–H groups in total. The van der Waals surface area contributed by atoms with Gasteiger partial charge in [-0.3, -0.25) is 9.78 Å². The lowest BCUT2D eigenvalue weighted by molar-refractivity contribution is 0.0933. The summed E-state index contributed by atoms with van der Waals surface area (Å²) in [5, 5.41) is 3.19. The molecule has 96 valence electrons. The second-order valence-corrected chi connectivity index (χ2v) is 4.96. The molecule has 0 bridgehead atoms. The normalized spacial score (nSPS) is 14.2. The van der Waals surface area contributed by atoms with Crippen LogP contribution in [0.2, 0.25) is 5.15 Å². The molecule has 5 heteroatoms. The van der Waals surface area contributed by atoms with E-state index in [1.807, 2.05) is 12.1 Å². The second kappa shape index (κ2) is 4.97. The van der Waals surface area contributed by atoms with Crippen molar-refractivity contribution in [3.63, 3.8) is 0 Å². The molecule has 2 aromatic rings. The minimum Gasteiger partial charge on any atom is -0.347 e. The molecule has 0 atom stereocenters. The maximum atomic E-state index is 12.0. The highest BCUT2D eigenvalue weighted by molar-refractivity contribution is 6.29. The van der Waals surface area contributed by atoms with Crippen molar-refractivity contribution in [2.45, 2.75) is 18.9 Å². The third kappa shape index (κ3) is 2.58. The van der Waals surface area contributed by atoms with E-state index in [-0.39, 0.29) is 22.8 Å². The molecule has 0 spiro atoms. The summed E-state index contributed by atoms with van der Waals surface area (Å²) in [5.41, 5.74) is 2.85. The first-order valence-electron chi connectivity index (χ1n) is 6.07.